The highest BCUT2D eigenvalue weighted by Gasteiger charge is 2.35. The summed E-state index contributed by atoms with van der Waals surface area (Å²) >= 11 is 6.22. The van der Waals surface area contributed by atoms with E-state index in [2.05, 4.69) is 5.32 Å². The van der Waals surface area contributed by atoms with E-state index in [0.29, 0.717) is 10.6 Å². The van der Waals surface area contributed by atoms with Gasteiger partial charge in [0.2, 0.25) is 11.8 Å². The second-order valence-corrected chi connectivity index (χ2v) is 12.0. The molecule has 42 heavy (non-hydrogen) atoms. The molecule has 0 aliphatic heterocycles. The molecule has 0 saturated carbocycles. The van der Waals surface area contributed by atoms with E-state index < -0.39 is 40.2 Å². The van der Waals surface area contributed by atoms with Crippen LogP contribution in [0, 0.1) is 12.7 Å². The van der Waals surface area contributed by atoms with Gasteiger partial charge >= 0.3 is 0 Å². The predicted molar refractivity (Wildman–Crippen MR) is 162 cm³/mol. The number of nitrogens with zero attached hydrogens (tertiary/aromatic N) is 2. The highest BCUT2D eigenvalue weighted by atomic mass is 35.5. The molecule has 4 aromatic rings. The van der Waals surface area contributed by atoms with Gasteiger partial charge in [-0.2, -0.15) is 0 Å². The van der Waals surface area contributed by atoms with Crippen molar-refractivity contribution >= 4 is 39.1 Å². The fraction of sp³-hybridized carbons (Fsp3) is 0.188. The van der Waals surface area contributed by atoms with Crippen molar-refractivity contribution in [3.8, 4) is 0 Å². The summed E-state index contributed by atoms with van der Waals surface area (Å²) in [5, 5.41) is 3.06. The third kappa shape index (κ3) is 7.35. The number of nitrogens with one attached hydrogen (secondary N) is 1. The molecular weight excluding hydrogens is 577 g/mol. The number of aryl methyl sites for hydroxylation is 1. The number of benzene rings is 4. The number of hydrogen-bond donors (Lipinski definition) is 1. The molecule has 1 atom stereocenters. The van der Waals surface area contributed by atoms with Gasteiger partial charge in [-0.05, 0) is 54.4 Å². The van der Waals surface area contributed by atoms with Crippen molar-refractivity contribution in [3.05, 3.63) is 131 Å². The van der Waals surface area contributed by atoms with Crippen molar-refractivity contribution in [1.82, 2.24) is 10.2 Å². The molecule has 0 fully saturated rings. The van der Waals surface area contributed by atoms with Crippen LogP contribution in [0.1, 0.15) is 16.7 Å². The van der Waals surface area contributed by atoms with Crippen molar-refractivity contribution in [3.63, 3.8) is 0 Å². The van der Waals surface area contributed by atoms with Crippen molar-refractivity contribution < 1.29 is 22.4 Å². The summed E-state index contributed by atoms with van der Waals surface area (Å²) in [4.78, 5) is 28.7. The van der Waals surface area contributed by atoms with Gasteiger partial charge in [0.05, 0.1) is 10.6 Å². The Kier molecular flexibility index (Phi) is 9.98. The van der Waals surface area contributed by atoms with Crippen molar-refractivity contribution in [1.29, 1.82) is 0 Å². The first-order valence-electron chi connectivity index (χ1n) is 13.2. The topological polar surface area (TPSA) is 86.8 Å². The maximum atomic E-state index is 15.1. The molecule has 7 nitrogen and oxygen atoms in total. The Hall–Kier alpha value is -4.21. The molecule has 0 radical (unpaired) electrons. The molecule has 1 N–H and O–H groups in total. The molecule has 0 spiro atoms. The third-order valence-corrected chi connectivity index (χ3v) is 8.78. The van der Waals surface area contributed by atoms with E-state index in [1.807, 2.05) is 37.3 Å². The molecule has 0 saturated heterocycles. The van der Waals surface area contributed by atoms with Crippen LogP contribution in [-0.2, 0) is 32.6 Å². The van der Waals surface area contributed by atoms with E-state index >= 15 is 4.39 Å². The maximum absolute atomic E-state index is 15.1. The first kappa shape index (κ1) is 30.7. The largest absolute Gasteiger partial charge is 0.357 e. The van der Waals surface area contributed by atoms with E-state index in [1.165, 1.54) is 42.3 Å². The zero-order valence-electron chi connectivity index (χ0n) is 23.2. The Labute approximate surface area is 250 Å². The second-order valence-electron chi connectivity index (χ2n) is 9.75. The van der Waals surface area contributed by atoms with Gasteiger partial charge in [0.25, 0.3) is 10.0 Å². The van der Waals surface area contributed by atoms with Crippen LogP contribution >= 0.6 is 11.6 Å². The molecule has 0 heterocycles. The lowest BCUT2D eigenvalue weighted by atomic mass is 10.0. The van der Waals surface area contributed by atoms with Gasteiger partial charge in [0, 0.05) is 25.0 Å². The van der Waals surface area contributed by atoms with E-state index in [0.717, 1.165) is 21.5 Å². The van der Waals surface area contributed by atoms with E-state index in [-0.39, 0.29) is 23.5 Å². The third-order valence-electron chi connectivity index (χ3n) is 6.77. The fourth-order valence-electron chi connectivity index (χ4n) is 4.56. The second kappa shape index (κ2) is 13.6. The number of carbonyl (C=O) groups is 2. The molecule has 10 heteroatoms. The minimum absolute atomic E-state index is 0.0417. The molecule has 0 aromatic heterocycles. The van der Waals surface area contributed by atoms with E-state index in [1.54, 1.807) is 36.4 Å². The van der Waals surface area contributed by atoms with Crippen LogP contribution in [0.15, 0.2) is 108 Å². The average molecular weight is 608 g/mol. The summed E-state index contributed by atoms with van der Waals surface area (Å²) in [6, 6.07) is 26.4. The lowest BCUT2D eigenvalue weighted by Crippen LogP contribution is -2.53. The smallest absolute Gasteiger partial charge is 0.264 e. The van der Waals surface area contributed by atoms with Crippen molar-refractivity contribution in [2.75, 3.05) is 17.9 Å². The molecule has 2 amide bonds. The SMILES string of the molecule is CNC(=O)[C@@H](Cc1ccccc1)N(Cc1cccc(Cl)c1)C(=O)CN(c1ccccc1F)S(=O)(=O)c1ccc(C)cc1. The Bertz CT molecular complexity index is 1650. The summed E-state index contributed by atoms with van der Waals surface area (Å²) in [5.41, 5.74) is 1.99. The molecule has 0 aliphatic rings. The number of para-hydroxylation sites is 1. The number of hydrogen-bond acceptors (Lipinski definition) is 4. The number of likely N-dealkylation sites (N-methyl/N-ethyl adjacent to an activating group) is 1. The van der Waals surface area contributed by atoms with Crippen LogP contribution in [0.5, 0.6) is 0 Å². The van der Waals surface area contributed by atoms with Crippen molar-refractivity contribution in [2.45, 2.75) is 30.8 Å². The van der Waals surface area contributed by atoms with E-state index in [9.17, 15) is 18.0 Å². The molecular formula is C32H31ClFN3O4S. The van der Waals surface area contributed by atoms with Gasteiger partial charge < -0.3 is 10.2 Å². The number of anilines is 1. The number of halogens is 2. The molecule has 0 bridgehead atoms. The summed E-state index contributed by atoms with van der Waals surface area (Å²) < 4.78 is 43.7. The normalized spacial score (nSPS) is 11.9. The predicted octanol–water partition coefficient (Wildman–Crippen LogP) is 5.37. The molecule has 0 aliphatic carbocycles. The summed E-state index contributed by atoms with van der Waals surface area (Å²) in [6.45, 7) is 1.02. The standard InChI is InChI=1S/C32H31ClFN3O4S/c1-23-15-17-27(18-16-23)42(40,41)37(29-14-7-6-13-28(29)34)22-31(38)36(21-25-11-8-12-26(33)19-25)30(32(39)35-2)20-24-9-4-3-5-10-24/h3-19,30H,20-22H2,1-2H3,(H,35,39)/t30-/m1/s1. The zero-order valence-corrected chi connectivity index (χ0v) is 24.8. The summed E-state index contributed by atoms with van der Waals surface area (Å²) in [5.74, 6) is -1.94. The van der Waals surface area contributed by atoms with Gasteiger partial charge in [-0.1, -0.05) is 83.9 Å². The van der Waals surface area contributed by atoms with Crippen LogP contribution in [-0.4, -0.2) is 44.8 Å². The number of amides is 2. The first-order chi connectivity index (χ1) is 20.1. The van der Waals surface area contributed by atoms with Crippen LogP contribution in [0.2, 0.25) is 5.02 Å². The zero-order chi connectivity index (χ0) is 30.3. The lowest BCUT2D eigenvalue weighted by molar-refractivity contribution is -0.139. The number of sulfonamides is 1. The van der Waals surface area contributed by atoms with Gasteiger partial charge in [-0.25, -0.2) is 12.8 Å². The molecule has 4 rings (SSSR count). The van der Waals surface area contributed by atoms with Gasteiger partial charge in [0.1, 0.15) is 18.4 Å². The number of carbonyl (C=O) groups excluding carboxylic acids is 2. The minimum atomic E-state index is -4.39. The highest BCUT2D eigenvalue weighted by Crippen LogP contribution is 2.27. The fourth-order valence-corrected chi connectivity index (χ4v) is 6.19. The maximum Gasteiger partial charge on any atom is 0.264 e. The van der Waals surface area contributed by atoms with E-state index in [4.69, 9.17) is 11.6 Å². The van der Waals surface area contributed by atoms with Gasteiger partial charge in [0.15, 0.2) is 0 Å². The summed E-state index contributed by atoms with van der Waals surface area (Å²) in [6.07, 6.45) is 0.164. The quantitative estimate of drug-likeness (QED) is 0.248. The Morgan fingerprint density at radius 2 is 1.52 bits per heavy atom. The van der Waals surface area contributed by atoms with Crippen LogP contribution in [0.25, 0.3) is 0 Å². The Morgan fingerprint density at radius 1 is 0.881 bits per heavy atom. The van der Waals surface area contributed by atoms with Crippen LogP contribution in [0.3, 0.4) is 0 Å². The van der Waals surface area contributed by atoms with Crippen LogP contribution in [0.4, 0.5) is 10.1 Å². The molecule has 4 aromatic carbocycles. The number of rotatable bonds is 11. The van der Waals surface area contributed by atoms with Crippen molar-refractivity contribution in [2.24, 2.45) is 0 Å². The van der Waals surface area contributed by atoms with Crippen LogP contribution < -0.4 is 9.62 Å². The van der Waals surface area contributed by atoms with Gasteiger partial charge in [-0.15, -0.1) is 0 Å². The molecule has 218 valence electrons. The highest BCUT2D eigenvalue weighted by molar-refractivity contribution is 7.92. The van der Waals surface area contributed by atoms with Gasteiger partial charge in [-0.3, -0.25) is 13.9 Å². The first-order valence-corrected chi connectivity index (χ1v) is 15.1. The molecule has 0 unspecified atom stereocenters. The Balaban J connectivity index is 1.80. The average Bonchev–Trinajstić information content (AvgIpc) is 2.98. The lowest BCUT2D eigenvalue weighted by Gasteiger charge is -2.33. The Morgan fingerprint density at radius 3 is 2.17 bits per heavy atom. The minimum Gasteiger partial charge on any atom is -0.357 e. The monoisotopic (exact) mass is 607 g/mol. The summed E-state index contributed by atoms with van der Waals surface area (Å²) in [7, 11) is -2.92.